The van der Waals surface area contributed by atoms with Crippen molar-refractivity contribution in [3.05, 3.63) is 70.1 Å². The van der Waals surface area contributed by atoms with Crippen molar-refractivity contribution >= 4 is 29.5 Å². The summed E-state index contributed by atoms with van der Waals surface area (Å²) in [4.78, 5) is 16.0. The van der Waals surface area contributed by atoms with Gasteiger partial charge in [0.05, 0.1) is 12.1 Å². The van der Waals surface area contributed by atoms with Gasteiger partial charge in [-0.1, -0.05) is 23.7 Å². The second-order valence-electron chi connectivity index (χ2n) is 4.74. The van der Waals surface area contributed by atoms with Crippen LogP contribution in [0, 0.1) is 5.82 Å². The molecule has 0 aromatic heterocycles. The number of ether oxygens (including phenoxy) is 2. The smallest absolute Gasteiger partial charge is 0.363 e. The molecule has 3 rings (SSSR count). The van der Waals surface area contributed by atoms with Gasteiger partial charge in [-0.05, 0) is 42.0 Å². The van der Waals surface area contributed by atoms with Gasteiger partial charge in [-0.15, -0.1) is 0 Å². The predicted octanol–water partition coefficient (Wildman–Crippen LogP) is 3.83. The second kappa shape index (κ2) is 6.22. The van der Waals surface area contributed by atoms with E-state index in [4.69, 9.17) is 21.1 Å². The summed E-state index contributed by atoms with van der Waals surface area (Å²) < 4.78 is 23.4. The number of nitrogens with zero attached hydrogens (tertiary/aromatic N) is 1. The number of rotatable bonds is 3. The molecule has 0 unspecified atom stereocenters. The number of esters is 1. The summed E-state index contributed by atoms with van der Waals surface area (Å²) in [7, 11) is 1.52. The Balaban J connectivity index is 1.93. The fourth-order valence-electron chi connectivity index (χ4n) is 2.08. The molecule has 0 aliphatic carbocycles. The second-order valence-corrected chi connectivity index (χ2v) is 5.15. The van der Waals surface area contributed by atoms with Crippen molar-refractivity contribution in [2.45, 2.75) is 0 Å². The minimum absolute atomic E-state index is 0.0698. The summed E-state index contributed by atoms with van der Waals surface area (Å²) in [5.74, 6) is -0.427. The van der Waals surface area contributed by atoms with Crippen molar-refractivity contribution in [2.75, 3.05) is 7.11 Å². The number of hydrogen-bond acceptors (Lipinski definition) is 4. The molecule has 0 saturated heterocycles. The Morgan fingerprint density at radius 2 is 2.09 bits per heavy atom. The molecule has 2 aromatic carbocycles. The number of methoxy groups -OCH3 is 1. The fourth-order valence-corrected chi connectivity index (χ4v) is 2.35. The average Bonchev–Trinajstić information content (AvgIpc) is 2.89. The Morgan fingerprint density at radius 3 is 2.78 bits per heavy atom. The van der Waals surface area contributed by atoms with E-state index in [-0.39, 0.29) is 11.6 Å². The lowest BCUT2D eigenvalue weighted by Gasteiger charge is -2.03. The lowest BCUT2D eigenvalue weighted by Crippen LogP contribution is -2.05. The minimum atomic E-state index is -0.601. The molecule has 0 spiro atoms. The summed E-state index contributed by atoms with van der Waals surface area (Å²) in [6.45, 7) is 0. The van der Waals surface area contributed by atoms with Gasteiger partial charge in [0, 0.05) is 5.56 Å². The fraction of sp³-hybridized carbons (Fsp3) is 0.0588. The number of carbonyl (C=O) groups is 1. The lowest BCUT2D eigenvalue weighted by molar-refractivity contribution is -0.129. The lowest BCUT2D eigenvalue weighted by atomic mass is 10.2. The van der Waals surface area contributed by atoms with E-state index < -0.39 is 11.8 Å². The Hall–Kier alpha value is -2.66. The first-order chi connectivity index (χ1) is 11.1. The zero-order valence-corrected chi connectivity index (χ0v) is 12.8. The number of carbonyl (C=O) groups excluding carboxylic acids is 1. The van der Waals surface area contributed by atoms with Crippen LogP contribution in [-0.4, -0.2) is 19.0 Å². The van der Waals surface area contributed by atoms with Crippen molar-refractivity contribution in [2.24, 2.45) is 4.99 Å². The van der Waals surface area contributed by atoms with E-state index in [1.54, 1.807) is 30.3 Å². The van der Waals surface area contributed by atoms with Crippen LogP contribution in [0.1, 0.15) is 11.1 Å². The van der Waals surface area contributed by atoms with Crippen molar-refractivity contribution in [1.82, 2.24) is 0 Å². The summed E-state index contributed by atoms with van der Waals surface area (Å²) in [5.41, 5.74) is 1.19. The van der Waals surface area contributed by atoms with E-state index >= 15 is 0 Å². The Morgan fingerprint density at radius 1 is 1.26 bits per heavy atom. The highest BCUT2D eigenvalue weighted by Gasteiger charge is 2.24. The van der Waals surface area contributed by atoms with Gasteiger partial charge in [0.1, 0.15) is 11.6 Å². The maximum Gasteiger partial charge on any atom is 0.363 e. The van der Waals surface area contributed by atoms with E-state index in [9.17, 15) is 9.18 Å². The molecule has 4 nitrogen and oxygen atoms in total. The van der Waals surface area contributed by atoms with Gasteiger partial charge >= 0.3 is 5.97 Å². The molecule has 0 amide bonds. The largest absolute Gasteiger partial charge is 0.495 e. The van der Waals surface area contributed by atoms with Gasteiger partial charge in [-0.3, -0.25) is 0 Å². The normalized spacial score (nSPS) is 15.5. The van der Waals surface area contributed by atoms with Crippen LogP contribution >= 0.6 is 11.6 Å². The Labute approximate surface area is 136 Å². The van der Waals surface area contributed by atoms with Crippen LogP contribution in [-0.2, 0) is 9.53 Å². The van der Waals surface area contributed by atoms with Crippen molar-refractivity contribution in [3.8, 4) is 5.75 Å². The van der Waals surface area contributed by atoms with Crippen molar-refractivity contribution in [3.63, 3.8) is 0 Å². The van der Waals surface area contributed by atoms with Gasteiger partial charge < -0.3 is 9.47 Å². The zero-order chi connectivity index (χ0) is 16.4. The van der Waals surface area contributed by atoms with Crippen LogP contribution in [0.15, 0.2) is 53.2 Å². The van der Waals surface area contributed by atoms with E-state index in [2.05, 4.69) is 4.99 Å². The van der Waals surface area contributed by atoms with Crippen LogP contribution in [0.5, 0.6) is 5.75 Å². The number of halogens is 2. The summed E-state index contributed by atoms with van der Waals surface area (Å²) in [5, 5.41) is 0.419. The van der Waals surface area contributed by atoms with E-state index in [0.717, 1.165) is 0 Å². The molecule has 6 heteroatoms. The summed E-state index contributed by atoms with van der Waals surface area (Å²) in [6, 6.07) is 10.8. The zero-order valence-electron chi connectivity index (χ0n) is 12.0. The molecule has 1 heterocycles. The topological polar surface area (TPSA) is 47.9 Å². The third-order valence-electron chi connectivity index (χ3n) is 3.17. The first kappa shape index (κ1) is 15.2. The van der Waals surface area contributed by atoms with Gasteiger partial charge in [0.15, 0.2) is 5.70 Å². The van der Waals surface area contributed by atoms with Gasteiger partial charge in [-0.25, -0.2) is 14.2 Å². The highest BCUT2D eigenvalue weighted by molar-refractivity contribution is 6.32. The van der Waals surface area contributed by atoms with E-state index in [0.29, 0.717) is 21.9 Å². The highest BCUT2D eigenvalue weighted by atomic mass is 35.5. The number of cyclic esters (lactones) is 1. The molecule has 0 fully saturated rings. The number of benzene rings is 2. The third kappa shape index (κ3) is 3.24. The summed E-state index contributed by atoms with van der Waals surface area (Å²) >= 11 is 6.05. The van der Waals surface area contributed by atoms with Crippen LogP contribution in [0.2, 0.25) is 5.02 Å². The Bertz CT molecular complexity index is 845. The Kier molecular flexibility index (Phi) is 4.12. The molecule has 2 aromatic rings. The van der Waals surface area contributed by atoms with Crippen LogP contribution in [0.25, 0.3) is 6.08 Å². The average molecular weight is 332 g/mol. The van der Waals surface area contributed by atoms with Crippen molar-refractivity contribution in [1.29, 1.82) is 0 Å². The molecular weight excluding hydrogens is 321 g/mol. The number of hydrogen-bond donors (Lipinski definition) is 0. The molecule has 116 valence electrons. The molecule has 23 heavy (non-hydrogen) atoms. The molecule has 0 N–H and O–H groups in total. The molecule has 0 bridgehead atoms. The predicted molar refractivity (Wildman–Crippen MR) is 85.0 cm³/mol. The first-order valence-electron chi connectivity index (χ1n) is 6.69. The minimum Gasteiger partial charge on any atom is -0.495 e. The standard InChI is InChI=1S/C17H11ClFNO3/c1-22-15-6-5-10(7-13(15)18)8-14-17(21)23-16(20-14)11-3-2-4-12(19)9-11/h2-9H,1H3/b14-8-. The van der Waals surface area contributed by atoms with E-state index in [1.807, 2.05) is 0 Å². The quantitative estimate of drug-likeness (QED) is 0.634. The molecule has 1 aliphatic rings. The highest BCUT2D eigenvalue weighted by Crippen LogP contribution is 2.27. The SMILES string of the molecule is COc1ccc(/C=C2\N=C(c3cccc(F)c3)OC2=O)cc1Cl. The van der Waals surface area contributed by atoms with Crippen LogP contribution < -0.4 is 4.74 Å². The maximum absolute atomic E-state index is 13.2. The summed E-state index contributed by atoms with van der Waals surface area (Å²) in [6.07, 6.45) is 1.54. The molecule has 0 saturated carbocycles. The van der Waals surface area contributed by atoms with Gasteiger partial charge in [-0.2, -0.15) is 0 Å². The van der Waals surface area contributed by atoms with Gasteiger partial charge in [0.2, 0.25) is 5.90 Å². The first-order valence-corrected chi connectivity index (χ1v) is 7.06. The monoisotopic (exact) mass is 331 g/mol. The maximum atomic E-state index is 13.2. The number of aliphatic imine (C=N–C) groups is 1. The molecule has 1 aliphatic heterocycles. The van der Waals surface area contributed by atoms with Crippen LogP contribution in [0.3, 0.4) is 0 Å². The van der Waals surface area contributed by atoms with Crippen molar-refractivity contribution < 1.29 is 18.7 Å². The van der Waals surface area contributed by atoms with E-state index in [1.165, 1.54) is 25.3 Å². The molecule has 0 radical (unpaired) electrons. The third-order valence-corrected chi connectivity index (χ3v) is 3.47. The van der Waals surface area contributed by atoms with Gasteiger partial charge in [0.25, 0.3) is 0 Å². The molecule has 0 atom stereocenters. The van der Waals surface area contributed by atoms with Crippen LogP contribution in [0.4, 0.5) is 4.39 Å². The molecular formula is C17H11ClFNO3.